The van der Waals surface area contributed by atoms with Gasteiger partial charge in [-0.3, -0.25) is 4.79 Å². The molecule has 0 fully saturated rings. The Labute approximate surface area is 80.5 Å². The first-order valence-corrected chi connectivity index (χ1v) is 4.30. The number of halogens is 2. The molecule has 0 saturated carbocycles. The highest BCUT2D eigenvalue weighted by Gasteiger charge is 2.05. The lowest BCUT2D eigenvalue weighted by atomic mass is 10.2. The molecular formula is C7H3Br2O2. The van der Waals surface area contributed by atoms with E-state index in [1.807, 2.05) is 0 Å². The second-order valence-electron chi connectivity index (χ2n) is 1.89. The zero-order valence-corrected chi connectivity index (χ0v) is 8.44. The summed E-state index contributed by atoms with van der Waals surface area (Å²) in [6.07, 6.45) is 1.62. The van der Waals surface area contributed by atoms with Crippen LogP contribution in [-0.4, -0.2) is 11.4 Å². The molecule has 2 nitrogen and oxygen atoms in total. The van der Waals surface area contributed by atoms with E-state index < -0.39 is 0 Å². The number of hydrogen-bond acceptors (Lipinski definition) is 2. The molecular weight excluding hydrogens is 276 g/mol. The van der Waals surface area contributed by atoms with Crippen LogP contribution in [0.15, 0.2) is 21.1 Å². The molecule has 0 unspecified atom stereocenters. The predicted octanol–water partition coefficient (Wildman–Crippen LogP) is 2.38. The second-order valence-corrected chi connectivity index (χ2v) is 3.66. The quantitative estimate of drug-likeness (QED) is 0.856. The molecule has 57 valence electrons. The number of phenols is 1. The Hall–Kier alpha value is -0.350. The zero-order chi connectivity index (χ0) is 8.43. The van der Waals surface area contributed by atoms with Crippen LogP contribution in [0.25, 0.3) is 0 Å². The molecule has 0 bridgehead atoms. The van der Waals surface area contributed by atoms with Crippen LogP contribution in [-0.2, 0) is 4.79 Å². The van der Waals surface area contributed by atoms with E-state index in [1.165, 1.54) is 6.07 Å². The van der Waals surface area contributed by atoms with Crippen molar-refractivity contribution in [1.82, 2.24) is 0 Å². The fourth-order valence-electron chi connectivity index (χ4n) is 0.644. The lowest BCUT2D eigenvalue weighted by molar-refractivity contribution is 0.468. The molecule has 1 N–H and O–H groups in total. The van der Waals surface area contributed by atoms with Crippen molar-refractivity contribution in [2.45, 2.75) is 0 Å². The van der Waals surface area contributed by atoms with Crippen LogP contribution < -0.4 is 0 Å². The van der Waals surface area contributed by atoms with Crippen LogP contribution >= 0.6 is 31.9 Å². The summed E-state index contributed by atoms with van der Waals surface area (Å²) in [6, 6.07) is 3.14. The largest absolute Gasteiger partial charge is 0.506 e. The van der Waals surface area contributed by atoms with Gasteiger partial charge >= 0.3 is 0 Å². The summed E-state index contributed by atoms with van der Waals surface area (Å²) in [5.41, 5.74) is 0.145. The third-order valence-corrected chi connectivity index (χ3v) is 2.20. The number of benzene rings is 1. The summed E-state index contributed by atoms with van der Waals surface area (Å²) in [7, 11) is 0. The average molecular weight is 279 g/mol. The molecule has 1 rings (SSSR count). The minimum atomic E-state index is -0.0804. The average Bonchev–Trinajstić information content (AvgIpc) is 1.96. The Bertz CT molecular complexity index is 297. The van der Waals surface area contributed by atoms with E-state index in [4.69, 9.17) is 0 Å². The molecule has 1 radical (unpaired) electrons. The summed E-state index contributed by atoms with van der Waals surface area (Å²) in [4.78, 5) is 10.2. The summed E-state index contributed by atoms with van der Waals surface area (Å²) in [6.45, 7) is 0. The summed E-state index contributed by atoms with van der Waals surface area (Å²) in [5, 5.41) is 9.19. The van der Waals surface area contributed by atoms with Crippen molar-refractivity contribution in [3.05, 3.63) is 26.6 Å². The van der Waals surface area contributed by atoms with Crippen molar-refractivity contribution in [2.75, 3.05) is 0 Å². The molecule has 0 saturated heterocycles. The Balaban J connectivity index is 3.35. The molecule has 0 heterocycles. The maximum absolute atomic E-state index is 10.2. The van der Waals surface area contributed by atoms with Crippen LogP contribution in [0.4, 0.5) is 0 Å². The Morgan fingerprint density at radius 2 is 2.00 bits per heavy atom. The molecule has 0 spiro atoms. The maximum Gasteiger partial charge on any atom is 0.237 e. The highest BCUT2D eigenvalue weighted by atomic mass is 79.9. The van der Waals surface area contributed by atoms with Gasteiger partial charge in [-0.2, -0.15) is 0 Å². The summed E-state index contributed by atoms with van der Waals surface area (Å²) in [5.74, 6) is -0.0804. The van der Waals surface area contributed by atoms with Crippen molar-refractivity contribution in [3.63, 3.8) is 0 Å². The van der Waals surface area contributed by atoms with Crippen molar-refractivity contribution in [2.24, 2.45) is 0 Å². The van der Waals surface area contributed by atoms with Crippen LogP contribution in [0.3, 0.4) is 0 Å². The first-order valence-electron chi connectivity index (χ1n) is 2.71. The smallest absolute Gasteiger partial charge is 0.237 e. The van der Waals surface area contributed by atoms with Crippen molar-refractivity contribution in [1.29, 1.82) is 0 Å². The van der Waals surface area contributed by atoms with Crippen LogP contribution in [0.5, 0.6) is 5.75 Å². The number of phenolic OH excluding ortho intramolecular Hbond substituents is 1. The second kappa shape index (κ2) is 3.36. The van der Waals surface area contributed by atoms with E-state index in [0.717, 1.165) is 4.47 Å². The van der Waals surface area contributed by atoms with Crippen LogP contribution in [0.2, 0.25) is 0 Å². The molecule has 0 aliphatic carbocycles. The fourth-order valence-corrected chi connectivity index (χ4v) is 1.87. The molecule has 0 amide bonds. The van der Waals surface area contributed by atoms with Crippen molar-refractivity contribution < 1.29 is 9.90 Å². The molecule has 0 atom stereocenters. The van der Waals surface area contributed by atoms with Crippen LogP contribution in [0, 0.1) is 0 Å². The van der Waals surface area contributed by atoms with Gasteiger partial charge in [0.05, 0.1) is 10.0 Å². The van der Waals surface area contributed by atoms with Gasteiger partial charge < -0.3 is 5.11 Å². The Morgan fingerprint density at radius 1 is 1.36 bits per heavy atom. The third kappa shape index (κ3) is 1.81. The molecule has 0 aliphatic rings. The van der Waals surface area contributed by atoms with Crippen molar-refractivity contribution >= 4 is 38.1 Å². The normalized spacial score (nSPS) is 9.64. The van der Waals surface area contributed by atoms with Gasteiger partial charge in [-0.15, -0.1) is 0 Å². The van der Waals surface area contributed by atoms with Gasteiger partial charge in [0.15, 0.2) is 0 Å². The van der Waals surface area contributed by atoms with E-state index >= 15 is 0 Å². The minimum absolute atomic E-state index is 0.0804. The topological polar surface area (TPSA) is 37.3 Å². The highest BCUT2D eigenvalue weighted by molar-refractivity contribution is 9.11. The first kappa shape index (κ1) is 8.74. The molecule has 1 aromatic carbocycles. The molecule has 11 heavy (non-hydrogen) atoms. The lowest BCUT2D eigenvalue weighted by Crippen LogP contribution is -1.82. The SMILES string of the molecule is O=[C]c1cc(Br)cc(Br)c1O. The monoisotopic (exact) mass is 277 g/mol. The fraction of sp³-hybridized carbons (Fsp3) is 0. The molecule has 0 aromatic heterocycles. The highest BCUT2D eigenvalue weighted by Crippen LogP contribution is 2.30. The molecule has 0 aliphatic heterocycles. The van der Waals surface area contributed by atoms with E-state index in [1.54, 1.807) is 12.4 Å². The van der Waals surface area contributed by atoms with Crippen LogP contribution in [0.1, 0.15) is 5.56 Å². The predicted molar refractivity (Wildman–Crippen MR) is 48.3 cm³/mol. The first-order chi connectivity index (χ1) is 5.15. The third-order valence-electron chi connectivity index (χ3n) is 1.14. The van der Waals surface area contributed by atoms with Gasteiger partial charge in [0.2, 0.25) is 6.29 Å². The minimum Gasteiger partial charge on any atom is -0.506 e. The van der Waals surface area contributed by atoms with E-state index in [0.29, 0.717) is 4.47 Å². The number of hydrogen-bond donors (Lipinski definition) is 1. The summed E-state index contributed by atoms with van der Waals surface area (Å²) >= 11 is 6.25. The molecule has 4 heteroatoms. The van der Waals surface area contributed by atoms with Gasteiger partial charge in [0.25, 0.3) is 0 Å². The molecule has 1 aromatic rings. The van der Waals surface area contributed by atoms with E-state index in [9.17, 15) is 9.90 Å². The number of aromatic hydroxyl groups is 1. The zero-order valence-electron chi connectivity index (χ0n) is 5.27. The van der Waals surface area contributed by atoms with Gasteiger partial charge in [-0.1, -0.05) is 15.9 Å². The Kier molecular flexibility index (Phi) is 2.67. The van der Waals surface area contributed by atoms with Gasteiger partial charge in [-0.25, -0.2) is 0 Å². The number of rotatable bonds is 1. The Morgan fingerprint density at radius 3 is 2.55 bits per heavy atom. The van der Waals surface area contributed by atoms with Crippen molar-refractivity contribution in [3.8, 4) is 5.75 Å². The van der Waals surface area contributed by atoms with Gasteiger partial charge in [0.1, 0.15) is 5.75 Å². The lowest BCUT2D eigenvalue weighted by Gasteiger charge is -1.99. The summed E-state index contributed by atoms with van der Waals surface area (Å²) < 4.78 is 1.20. The standard InChI is InChI=1S/C7H3Br2O2/c8-5-1-4(3-10)7(11)6(9)2-5/h1-2,11H. The van der Waals surface area contributed by atoms with E-state index in [2.05, 4.69) is 31.9 Å². The number of carbonyl (C=O) groups excluding carboxylic acids is 1. The van der Waals surface area contributed by atoms with Gasteiger partial charge in [-0.05, 0) is 28.1 Å². The van der Waals surface area contributed by atoms with Gasteiger partial charge in [0, 0.05) is 4.47 Å². The maximum atomic E-state index is 10.2. The van der Waals surface area contributed by atoms with E-state index in [-0.39, 0.29) is 11.3 Å².